The average molecular weight is 221 g/mol. The van der Waals surface area contributed by atoms with Crippen molar-refractivity contribution in [2.45, 2.75) is 43.9 Å². The molecule has 1 saturated carbocycles. The number of benzene rings is 1. The fourth-order valence-corrected chi connectivity index (χ4v) is 2.23. The van der Waals surface area contributed by atoms with Crippen molar-refractivity contribution < 1.29 is 9.84 Å². The van der Waals surface area contributed by atoms with Crippen molar-refractivity contribution in [1.29, 1.82) is 0 Å². The van der Waals surface area contributed by atoms with E-state index in [1.165, 1.54) is 0 Å². The lowest BCUT2D eigenvalue weighted by Gasteiger charge is -2.45. The molecule has 0 bridgehead atoms. The Bertz CT molecular complexity index is 350. The van der Waals surface area contributed by atoms with Crippen molar-refractivity contribution in [3.05, 3.63) is 30.3 Å². The summed E-state index contributed by atoms with van der Waals surface area (Å²) in [4.78, 5) is 0. The predicted molar refractivity (Wildman–Crippen MR) is 63.1 cm³/mol. The third kappa shape index (κ3) is 2.06. The Morgan fingerprint density at radius 1 is 1.19 bits per heavy atom. The molecule has 2 unspecified atom stereocenters. The summed E-state index contributed by atoms with van der Waals surface area (Å²) in [5, 5.41) is 10.2. The molecule has 0 aromatic heterocycles. The Morgan fingerprint density at radius 3 is 2.44 bits per heavy atom. The van der Waals surface area contributed by atoms with E-state index < -0.39 is 11.3 Å². The molecule has 1 aliphatic carbocycles. The lowest BCUT2D eigenvalue weighted by Crippen LogP contribution is -2.63. The molecule has 0 radical (unpaired) electrons. The number of aliphatic hydroxyl groups is 1. The van der Waals surface area contributed by atoms with Gasteiger partial charge in [0.25, 0.3) is 0 Å². The Kier molecular flexibility index (Phi) is 2.91. The van der Waals surface area contributed by atoms with Crippen molar-refractivity contribution >= 4 is 0 Å². The Hall–Kier alpha value is -1.06. The maximum absolute atomic E-state index is 10.2. The zero-order valence-corrected chi connectivity index (χ0v) is 9.65. The van der Waals surface area contributed by atoms with Gasteiger partial charge in [0.2, 0.25) is 0 Å². The zero-order chi connectivity index (χ0) is 11.6. The quantitative estimate of drug-likeness (QED) is 0.751. The third-order valence-corrected chi connectivity index (χ3v) is 3.46. The van der Waals surface area contributed by atoms with Gasteiger partial charge >= 0.3 is 0 Å². The molecule has 0 amide bonds. The van der Waals surface area contributed by atoms with Crippen LogP contribution in [0.2, 0.25) is 0 Å². The van der Waals surface area contributed by atoms with Crippen LogP contribution < -0.4 is 10.5 Å². The molecule has 0 heterocycles. The lowest BCUT2D eigenvalue weighted by atomic mass is 9.78. The monoisotopic (exact) mass is 221 g/mol. The first-order valence-electron chi connectivity index (χ1n) is 5.79. The van der Waals surface area contributed by atoms with E-state index in [4.69, 9.17) is 10.5 Å². The van der Waals surface area contributed by atoms with Gasteiger partial charge in [0, 0.05) is 0 Å². The van der Waals surface area contributed by atoms with Gasteiger partial charge in [0.05, 0.1) is 0 Å². The molecule has 1 aliphatic rings. The molecule has 1 aromatic rings. The van der Waals surface area contributed by atoms with Crippen LogP contribution >= 0.6 is 0 Å². The zero-order valence-electron chi connectivity index (χ0n) is 9.65. The molecule has 88 valence electrons. The first-order valence-corrected chi connectivity index (χ1v) is 5.79. The van der Waals surface area contributed by atoms with Gasteiger partial charge in [-0.1, -0.05) is 18.2 Å². The molecule has 3 N–H and O–H groups in total. The number of para-hydroxylation sites is 1. The molecular formula is C13H19NO2. The molecule has 2 atom stereocenters. The van der Waals surface area contributed by atoms with Crippen LogP contribution in [0.25, 0.3) is 0 Å². The largest absolute Gasteiger partial charge is 0.483 e. The SMILES string of the molecule is CC1(Oc2ccccc2)CCCCC1(N)O. The minimum absolute atomic E-state index is 0.594. The maximum atomic E-state index is 10.2. The molecule has 1 fully saturated rings. The summed E-state index contributed by atoms with van der Waals surface area (Å²) in [7, 11) is 0. The van der Waals surface area contributed by atoms with Gasteiger partial charge in [0.15, 0.2) is 5.72 Å². The first-order chi connectivity index (χ1) is 7.54. The number of hydrogen-bond donors (Lipinski definition) is 2. The molecule has 16 heavy (non-hydrogen) atoms. The van der Waals surface area contributed by atoms with Gasteiger partial charge in [-0.3, -0.25) is 0 Å². The minimum atomic E-state index is -1.24. The summed E-state index contributed by atoms with van der Waals surface area (Å²) < 4.78 is 5.88. The minimum Gasteiger partial charge on any atom is -0.483 e. The number of hydrogen-bond acceptors (Lipinski definition) is 3. The molecule has 0 spiro atoms. The topological polar surface area (TPSA) is 55.5 Å². The van der Waals surface area contributed by atoms with Crippen molar-refractivity contribution in [3.8, 4) is 5.75 Å². The second-order valence-electron chi connectivity index (χ2n) is 4.78. The highest BCUT2D eigenvalue weighted by Gasteiger charge is 2.48. The molecule has 3 heteroatoms. The summed E-state index contributed by atoms with van der Waals surface area (Å²) in [6.07, 6.45) is 3.38. The molecular weight excluding hydrogens is 202 g/mol. The number of nitrogens with two attached hydrogens (primary N) is 1. The highest BCUT2D eigenvalue weighted by molar-refractivity contribution is 5.23. The molecule has 3 nitrogen and oxygen atoms in total. The van der Waals surface area contributed by atoms with E-state index in [1.54, 1.807) is 0 Å². The van der Waals surface area contributed by atoms with E-state index in [9.17, 15) is 5.11 Å². The van der Waals surface area contributed by atoms with Crippen LogP contribution in [-0.2, 0) is 0 Å². The summed E-state index contributed by atoms with van der Waals surface area (Å²) in [6, 6.07) is 9.53. The van der Waals surface area contributed by atoms with Crippen LogP contribution in [0.5, 0.6) is 5.75 Å². The van der Waals surface area contributed by atoms with Crippen molar-refractivity contribution in [3.63, 3.8) is 0 Å². The van der Waals surface area contributed by atoms with Crippen LogP contribution in [0.1, 0.15) is 32.6 Å². The summed E-state index contributed by atoms with van der Waals surface area (Å²) in [6.45, 7) is 1.89. The Labute approximate surface area is 96.2 Å². The van der Waals surface area contributed by atoms with Crippen molar-refractivity contribution in [2.24, 2.45) is 5.73 Å². The Balaban J connectivity index is 2.18. The predicted octanol–water partition coefficient (Wildman–Crippen LogP) is 2.05. The normalized spacial score (nSPS) is 34.7. The van der Waals surface area contributed by atoms with Crippen LogP contribution in [0.15, 0.2) is 30.3 Å². The van der Waals surface area contributed by atoms with Gasteiger partial charge < -0.3 is 15.6 Å². The smallest absolute Gasteiger partial charge is 0.153 e. The van der Waals surface area contributed by atoms with Crippen LogP contribution in [0, 0.1) is 0 Å². The fraction of sp³-hybridized carbons (Fsp3) is 0.538. The van der Waals surface area contributed by atoms with Gasteiger partial charge in [-0.15, -0.1) is 0 Å². The average Bonchev–Trinajstić information content (AvgIpc) is 2.24. The van der Waals surface area contributed by atoms with Crippen molar-refractivity contribution in [1.82, 2.24) is 0 Å². The fourth-order valence-electron chi connectivity index (χ4n) is 2.23. The summed E-state index contributed by atoms with van der Waals surface area (Å²) in [5.41, 5.74) is 4.01. The van der Waals surface area contributed by atoms with E-state index in [0.717, 1.165) is 25.0 Å². The van der Waals surface area contributed by atoms with Gasteiger partial charge in [0.1, 0.15) is 11.4 Å². The van der Waals surface area contributed by atoms with E-state index in [0.29, 0.717) is 6.42 Å². The second kappa shape index (κ2) is 4.07. The van der Waals surface area contributed by atoms with E-state index in [1.807, 2.05) is 37.3 Å². The second-order valence-corrected chi connectivity index (χ2v) is 4.78. The summed E-state index contributed by atoms with van der Waals surface area (Å²) in [5.74, 6) is 0.760. The van der Waals surface area contributed by atoms with Crippen LogP contribution in [0.3, 0.4) is 0 Å². The van der Waals surface area contributed by atoms with Crippen LogP contribution in [-0.4, -0.2) is 16.4 Å². The van der Waals surface area contributed by atoms with Gasteiger partial charge in [-0.05, 0) is 44.7 Å². The number of rotatable bonds is 2. The van der Waals surface area contributed by atoms with E-state index in [-0.39, 0.29) is 0 Å². The molecule has 0 aliphatic heterocycles. The van der Waals surface area contributed by atoms with Crippen molar-refractivity contribution in [2.75, 3.05) is 0 Å². The molecule has 2 rings (SSSR count). The lowest BCUT2D eigenvalue weighted by molar-refractivity contribution is -0.146. The standard InChI is InChI=1S/C13H19NO2/c1-12(9-5-6-10-13(12,14)15)16-11-7-3-2-4-8-11/h2-4,7-8,15H,5-6,9-10,14H2,1H3. The van der Waals surface area contributed by atoms with Crippen LogP contribution in [0.4, 0.5) is 0 Å². The third-order valence-electron chi connectivity index (χ3n) is 3.46. The van der Waals surface area contributed by atoms with E-state index in [2.05, 4.69) is 0 Å². The van der Waals surface area contributed by atoms with Gasteiger partial charge in [-0.2, -0.15) is 0 Å². The molecule has 1 aromatic carbocycles. The molecule has 0 saturated heterocycles. The maximum Gasteiger partial charge on any atom is 0.153 e. The van der Waals surface area contributed by atoms with E-state index >= 15 is 0 Å². The first kappa shape index (κ1) is 11.4. The summed E-state index contributed by atoms with van der Waals surface area (Å²) >= 11 is 0. The Morgan fingerprint density at radius 2 is 1.81 bits per heavy atom. The highest BCUT2D eigenvalue weighted by Crippen LogP contribution is 2.37. The highest BCUT2D eigenvalue weighted by atomic mass is 16.5. The van der Waals surface area contributed by atoms with Gasteiger partial charge in [-0.25, -0.2) is 0 Å². The number of ether oxygens (including phenoxy) is 1.